The average Bonchev–Trinajstić information content (AvgIpc) is 3.51. The van der Waals surface area contributed by atoms with Crippen LogP contribution < -0.4 is 4.74 Å². The number of pyridine rings is 1. The Bertz CT molecular complexity index is 1200. The van der Waals surface area contributed by atoms with Gasteiger partial charge in [0.25, 0.3) is 11.8 Å². The topological polar surface area (TPSA) is 81.4 Å². The zero-order chi connectivity index (χ0) is 21.9. The maximum absolute atomic E-state index is 12.7. The molecule has 3 heterocycles. The highest BCUT2D eigenvalue weighted by molar-refractivity contribution is 5.94. The molecule has 2 aromatic carbocycles. The quantitative estimate of drug-likeness (QED) is 0.470. The third kappa shape index (κ3) is 4.23. The fourth-order valence-electron chi connectivity index (χ4n) is 3.70. The molecule has 7 nitrogen and oxygen atoms in total. The lowest BCUT2D eigenvalue weighted by Gasteiger charge is -2.17. The number of aryl methyl sites for hydroxylation is 1. The monoisotopic (exact) mass is 426 g/mol. The second kappa shape index (κ2) is 8.63. The molecule has 5 rings (SSSR count). The van der Waals surface area contributed by atoms with Crippen LogP contribution in [0.1, 0.15) is 22.5 Å². The van der Waals surface area contributed by atoms with Crippen molar-refractivity contribution in [2.75, 3.05) is 13.1 Å². The number of amides is 1. The van der Waals surface area contributed by atoms with Crippen molar-refractivity contribution >= 4 is 5.91 Å². The Kier molecular flexibility index (Phi) is 5.37. The molecule has 0 spiro atoms. The van der Waals surface area contributed by atoms with Gasteiger partial charge >= 0.3 is 0 Å². The van der Waals surface area contributed by atoms with E-state index in [9.17, 15) is 4.79 Å². The highest BCUT2D eigenvalue weighted by Crippen LogP contribution is 2.25. The number of carbonyl (C=O) groups is 1. The van der Waals surface area contributed by atoms with Gasteiger partial charge in [0.2, 0.25) is 5.82 Å². The SMILES string of the molecule is Cc1ccc(C(=O)N2CCC(Oc3ccc(-c4noc(-c5ccccc5)n4)cc3)C2)cn1. The normalized spacial score (nSPS) is 15.7. The van der Waals surface area contributed by atoms with Crippen molar-refractivity contribution in [3.8, 4) is 28.6 Å². The summed E-state index contributed by atoms with van der Waals surface area (Å²) < 4.78 is 11.5. The smallest absolute Gasteiger partial charge is 0.258 e. The second-order valence-corrected chi connectivity index (χ2v) is 7.78. The van der Waals surface area contributed by atoms with E-state index in [-0.39, 0.29) is 12.0 Å². The molecule has 0 radical (unpaired) electrons. The molecule has 0 bridgehead atoms. The predicted octanol–water partition coefficient (Wildman–Crippen LogP) is 4.40. The first-order chi connectivity index (χ1) is 15.7. The minimum absolute atomic E-state index is 0.00900. The molecule has 1 amide bonds. The van der Waals surface area contributed by atoms with Crippen molar-refractivity contribution in [3.63, 3.8) is 0 Å². The Morgan fingerprint density at radius 1 is 1.03 bits per heavy atom. The third-order valence-corrected chi connectivity index (χ3v) is 5.45. The standard InChI is InChI=1S/C25H22N4O3/c1-17-7-8-20(15-26-17)25(30)29-14-13-22(16-29)31-21-11-9-18(10-12-21)23-27-24(32-28-23)19-5-3-2-4-6-19/h2-12,15,22H,13-14,16H2,1H3. The summed E-state index contributed by atoms with van der Waals surface area (Å²) in [5.41, 5.74) is 3.23. The van der Waals surface area contributed by atoms with E-state index in [4.69, 9.17) is 9.26 Å². The van der Waals surface area contributed by atoms with Gasteiger partial charge in [-0.1, -0.05) is 23.4 Å². The van der Waals surface area contributed by atoms with Crippen LogP contribution in [0, 0.1) is 6.92 Å². The average molecular weight is 426 g/mol. The first-order valence-corrected chi connectivity index (χ1v) is 10.5. The zero-order valence-electron chi connectivity index (χ0n) is 17.6. The van der Waals surface area contributed by atoms with Crippen molar-refractivity contribution in [1.82, 2.24) is 20.0 Å². The number of ether oxygens (including phenoxy) is 1. The molecule has 160 valence electrons. The molecule has 0 saturated carbocycles. The Labute approximate surface area is 185 Å². The van der Waals surface area contributed by atoms with Crippen molar-refractivity contribution < 1.29 is 14.1 Å². The molecule has 32 heavy (non-hydrogen) atoms. The zero-order valence-corrected chi connectivity index (χ0v) is 17.6. The first-order valence-electron chi connectivity index (χ1n) is 10.5. The maximum atomic E-state index is 12.7. The lowest BCUT2D eigenvalue weighted by Crippen LogP contribution is -2.31. The minimum Gasteiger partial charge on any atom is -0.489 e. The van der Waals surface area contributed by atoms with Crippen molar-refractivity contribution in [2.24, 2.45) is 0 Å². The van der Waals surface area contributed by atoms with E-state index in [1.165, 1.54) is 0 Å². The number of rotatable bonds is 5. The number of benzene rings is 2. The molecule has 1 aliphatic rings. The fourth-order valence-corrected chi connectivity index (χ4v) is 3.70. The van der Waals surface area contributed by atoms with Crippen LogP contribution in [0.15, 0.2) is 77.4 Å². The molecule has 0 aliphatic carbocycles. The van der Waals surface area contributed by atoms with E-state index in [0.717, 1.165) is 29.0 Å². The number of likely N-dealkylation sites (tertiary alicyclic amines) is 1. The maximum Gasteiger partial charge on any atom is 0.258 e. The summed E-state index contributed by atoms with van der Waals surface area (Å²) in [6.45, 7) is 3.13. The van der Waals surface area contributed by atoms with Gasteiger partial charge in [0.1, 0.15) is 11.9 Å². The van der Waals surface area contributed by atoms with Gasteiger partial charge in [-0.05, 0) is 55.5 Å². The van der Waals surface area contributed by atoms with E-state index < -0.39 is 0 Å². The summed E-state index contributed by atoms with van der Waals surface area (Å²) in [7, 11) is 0. The van der Waals surface area contributed by atoms with Crippen LogP contribution in [0.4, 0.5) is 0 Å². The summed E-state index contributed by atoms with van der Waals surface area (Å²) in [6, 6.07) is 20.9. The van der Waals surface area contributed by atoms with E-state index in [1.54, 1.807) is 6.20 Å². The van der Waals surface area contributed by atoms with Crippen LogP contribution in [0.2, 0.25) is 0 Å². The summed E-state index contributed by atoms with van der Waals surface area (Å²) in [4.78, 5) is 23.2. The van der Waals surface area contributed by atoms with Crippen LogP contribution in [0.3, 0.4) is 0 Å². The summed E-state index contributed by atoms with van der Waals surface area (Å²) >= 11 is 0. The molecule has 1 atom stereocenters. The lowest BCUT2D eigenvalue weighted by molar-refractivity contribution is 0.0772. The number of carbonyl (C=O) groups excluding carboxylic acids is 1. The number of nitrogens with zero attached hydrogens (tertiary/aromatic N) is 4. The Hall–Kier alpha value is -4.00. The van der Waals surface area contributed by atoms with Gasteiger partial charge in [-0.2, -0.15) is 4.98 Å². The minimum atomic E-state index is -0.0435. The van der Waals surface area contributed by atoms with Gasteiger partial charge in [-0.3, -0.25) is 9.78 Å². The van der Waals surface area contributed by atoms with E-state index >= 15 is 0 Å². The predicted molar refractivity (Wildman–Crippen MR) is 119 cm³/mol. The molecule has 2 aromatic heterocycles. The van der Waals surface area contributed by atoms with Gasteiger partial charge < -0.3 is 14.2 Å². The lowest BCUT2D eigenvalue weighted by atomic mass is 10.2. The van der Waals surface area contributed by atoms with Crippen LogP contribution in [0.25, 0.3) is 22.8 Å². The third-order valence-electron chi connectivity index (χ3n) is 5.45. The molecule has 7 heteroatoms. The van der Waals surface area contributed by atoms with Crippen LogP contribution in [-0.2, 0) is 0 Å². The molecule has 1 saturated heterocycles. The first kappa shape index (κ1) is 19.9. The van der Waals surface area contributed by atoms with E-state index in [0.29, 0.717) is 30.4 Å². The Balaban J connectivity index is 1.21. The molecule has 1 unspecified atom stereocenters. The van der Waals surface area contributed by atoms with Gasteiger partial charge in [-0.25, -0.2) is 0 Å². The second-order valence-electron chi connectivity index (χ2n) is 7.78. The Morgan fingerprint density at radius 2 is 1.84 bits per heavy atom. The largest absolute Gasteiger partial charge is 0.489 e. The summed E-state index contributed by atoms with van der Waals surface area (Å²) in [5, 5.41) is 4.08. The molecular weight excluding hydrogens is 404 g/mol. The van der Waals surface area contributed by atoms with Gasteiger partial charge in [0.15, 0.2) is 0 Å². The summed E-state index contributed by atoms with van der Waals surface area (Å²) in [5.74, 6) is 1.75. The van der Waals surface area contributed by atoms with Gasteiger partial charge in [0.05, 0.1) is 12.1 Å². The molecule has 1 fully saturated rings. The van der Waals surface area contributed by atoms with Crippen molar-refractivity contribution in [2.45, 2.75) is 19.4 Å². The highest BCUT2D eigenvalue weighted by atomic mass is 16.5. The number of hydrogen-bond acceptors (Lipinski definition) is 6. The van der Waals surface area contributed by atoms with Gasteiger partial charge in [0, 0.05) is 36.0 Å². The fraction of sp³-hybridized carbons (Fsp3) is 0.200. The van der Waals surface area contributed by atoms with Gasteiger partial charge in [-0.15, -0.1) is 0 Å². The number of aromatic nitrogens is 3. The molecular formula is C25H22N4O3. The van der Waals surface area contributed by atoms with Crippen LogP contribution >= 0.6 is 0 Å². The number of hydrogen-bond donors (Lipinski definition) is 0. The molecule has 4 aromatic rings. The van der Waals surface area contributed by atoms with Crippen LogP contribution in [-0.4, -0.2) is 45.1 Å². The van der Waals surface area contributed by atoms with E-state index in [2.05, 4.69) is 15.1 Å². The highest BCUT2D eigenvalue weighted by Gasteiger charge is 2.28. The molecule has 1 aliphatic heterocycles. The molecule has 0 N–H and O–H groups in total. The van der Waals surface area contributed by atoms with Crippen molar-refractivity contribution in [3.05, 3.63) is 84.2 Å². The Morgan fingerprint density at radius 3 is 2.59 bits per heavy atom. The van der Waals surface area contributed by atoms with Crippen LogP contribution in [0.5, 0.6) is 5.75 Å². The van der Waals surface area contributed by atoms with Crippen molar-refractivity contribution in [1.29, 1.82) is 0 Å². The van der Waals surface area contributed by atoms with E-state index in [1.807, 2.05) is 78.6 Å². The summed E-state index contributed by atoms with van der Waals surface area (Å²) in [6.07, 6.45) is 2.38.